The molecule has 0 heteroatoms. The molecule has 0 atom stereocenters. The highest BCUT2D eigenvalue weighted by atomic mass is 14.1. The summed E-state index contributed by atoms with van der Waals surface area (Å²) in [6.45, 7) is 4.54. The number of aryl methyl sites for hydroxylation is 2. The fourth-order valence-electron chi connectivity index (χ4n) is 2.41. The molecule has 17 heavy (non-hydrogen) atoms. The Morgan fingerprint density at radius 1 is 0.647 bits per heavy atom. The van der Waals surface area contributed by atoms with E-state index in [1.165, 1.54) is 57.8 Å². The zero-order valence-electron chi connectivity index (χ0n) is 11.7. The Balaban J connectivity index is 2.25. The lowest BCUT2D eigenvalue weighted by Gasteiger charge is -2.08. The lowest BCUT2D eigenvalue weighted by Crippen LogP contribution is -1.94. The van der Waals surface area contributed by atoms with Crippen LogP contribution in [0.5, 0.6) is 0 Å². The minimum Gasteiger partial charge on any atom is -0.0654 e. The molecule has 0 N–H and O–H groups in total. The van der Waals surface area contributed by atoms with E-state index in [2.05, 4.69) is 38.1 Å². The molecule has 0 aliphatic carbocycles. The molecule has 0 unspecified atom stereocenters. The molecular weight excluding hydrogens is 204 g/mol. The van der Waals surface area contributed by atoms with E-state index in [-0.39, 0.29) is 0 Å². The highest BCUT2D eigenvalue weighted by Gasteiger charge is 2.00. The third kappa shape index (κ3) is 5.91. The summed E-state index contributed by atoms with van der Waals surface area (Å²) < 4.78 is 0. The zero-order chi connectivity index (χ0) is 12.3. The van der Waals surface area contributed by atoms with Crippen molar-refractivity contribution in [3.8, 4) is 0 Å². The van der Waals surface area contributed by atoms with E-state index in [1.807, 2.05) is 0 Å². The first-order valence-corrected chi connectivity index (χ1v) is 7.45. The average Bonchev–Trinajstić information content (AvgIpc) is 2.36. The van der Waals surface area contributed by atoms with Gasteiger partial charge < -0.3 is 0 Å². The van der Waals surface area contributed by atoms with Crippen LogP contribution >= 0.6 is 0 Å². The van der Waals surface area contributed by atoms with Crippen molar-refractivity contribution in [3.05, 3.63) is 35.4 Å². The van der Waals surface area contributed by atoms with Gasteiger partial charge in [-0.05, 0) is 30.4 Å². The first kappa shape index (κ1) is 14.3. The van der Waals surface area contributed by atoms with E-state index in [0.717, 1.165) is 0 Å². The van der Waals surface area contributed by atoms with E-state index in [9.17, 15) is 0 Å². The second-order valence-corrected chi connectivity index (χ2v) is 5.04. The van der Waals surface area contributed by atoms with Crippen molar-refractivity contribution in [1.29, 1.82) is 0 Å². The van der Waals surface area contributed by atoms with E-state index < -0.39 is 0 Å². The Bertz CT molecular complexity index is 288. The van der Waals surface area contributed by atoms with Gasteiger partial charge in [-0.25, -0.2) is 0 Å². The highest BCUT2D eigenvalue weighted by molar-refractivity contribution is 5.27. The van der Waals surface area contributed by atoms with Gasteiger partial charge >= 0.3 is 0 Å². The molecule has 0 spiro atoms. The van der Waals surface area contributed by atoms with Crippen molar-refractivity contribution >= 4 is 0 Å². The Hall–Kier alpha value is -0.780. The second-order valence-electron chi connectivity index (χ2n) is 5.04. The maximum absolute atomic E-state index is 2.32. The Kier molecular flexibility index (Phi) is 7.79. The second kappa shape index (κ2) is 9.27. The molecule has 0 aromatic heterocycles. The van der Waals surface area contributed by atoms with Crippen LogP contribution in [0.25, 0.3) is 0 Å². The van der Waals surface area contributed by atoms with E-state index in [0.29, 0.717) is 0 Å². The van der Waals surface area contributed by atoms with Gasteiger partial charge in [-0.15, -0.1) is 0 Å². The number of rotatable bonds is 9. The molecule has 0 aliphatic heterocycles. The predicted molar refractivity (Wildman–Crippen MR) is 77.5 cm³/mol. The van der Waals surface area contributed by atoms with Crippen LogP contribution < -0.4 is 0 Å². The van der Waals surface area contributed by atoms with Crippen molar-refractivity contribution in [2.45, 2.75) is 71.6 Å². The summed E-state index contributed by atoms with van der Waals surface area (Å²) in [6.07, 6.45) is 12.1. The summed E-state index contributed by atoms with van der Waals surface area (Å²) >= 11 is 0. The number of benzene rings is 1. The molecule has 1 aromatic rings. The summed E-state index contributed by atoms with van der Waals surface area (Å²) in [5.74, 6) is 0. The molecule has 0 heterocycles. The largest absolute Gasteiger partial charge is 0.0654 e. The third-order valence-corrected chi connectivity index (χ3v) is 3.44. The molecule has 0 bridgehead atoms. The average molecular weight is 232 g/mol. The van der Waals surface area contributed by atoms with Crippen LogP contribution in [0.2, 0.25) is 0 Å². The molecule has 0 fully saturated rings. The summed E-state index contributed by atoms with van der Waals surface area (Å²) in [4.78, 5) is 0. The molecule has 0 aliphatic rings. The van der Waals surface area contributed by atoms with Gasteiger partial charge in [0.2, 0.25) is 0 Å². The first-order valence-electron chi connectivity index (χ1n) is 7.45. The van der Waals surface area contributed by atoms with Gasteiger partial charge in [0.05, 0.1) is 0 Å². The SMILES string of the molecule is CCCCCCCCc1ccccc1CCC. The highest BCUT2D eigenvalue weighted by Crippen LogP contribution is 2.15. The number of hydrogen-bond acceptors (Lipinski definition) is 0. The van der Waals surface area contributed by atoms with Crippen molar-refractivity contribution in [2.75, 3.05) is 0 Å². The maximum atomic E-state index is 2.32. The molecule has 0 saturated carbocycles. The lowest BCUT2D eigenvalue weighted by atomic mass is 9.98. The molecule has 0 saturated heterocycles. The third-order valence-electron chi connectivity index (χ3n) is 3.44. The maximum Gasteiger partial charge on any atom is -0.0276 e. The number of hydrogen-bond donors (Lipinski definition) is 0. The minimum absolute atomic E-state index is 1.24. The van der Waals surface area contributed by atoms with E-state index in [4.69, 9.17) is 0 Å². The van der Waals surface area contributed by atoms with Crippen LogP contribution in [0.1, 0.15) is 69.9 Å². The monoisotopic (exact) mass is 232 g/mol. The number of unbranched alkanes of at least 4 members (excludes halogenated alkanes) is 5. The molecule has 0 nitrogen and oxygen atoms in total. The molecular formula is C17H28. The van der Waals surface area contributed by atoms with Crippen LogP contribution in [0.4, 0.5) is 0 Å². The van der Waals surface area contributed by atoms with Crippen molar-refractivity contribution < 1.29 is 0 Å². The van der Waals surface area contributed by atoms with E-state index >= 15 is 0 Å². The van der Waals surface area contributed by atoms with Gasteiger partial charge in [-0.3, -0.25) is 0 Å². The van der Waals surface area contributed by atoms with Gasteiger partial charge in [0.25, 0.3) is 0 Å². The van der Waals surface area contributed by atoms with Gasteiger partial charge in [0, 0.05) is 0 Å². The quantitative estimate of drug-likeness (QED) is 0.490. The smallest absolute Gasteiger partial charge is 0.0276 e. The molecule has 1 aromatic carbocycles. The van der Waals surface area contributed by atoms with Crippen LogP contribution in [0.15, 0.2) is 24.3 Å². The van der Waals surface area contributed by atoms with Crippen molar-refractivity contribution in [2.24, 2.45) is 0 Å². The Morgan fingerprint density at radius 2 is 1.24 bits per heavy atom. The van der Waals surface area contributed by atoms with Crippen molar-refractivity contribution in [1.82, 2.24) is 0 Å². The standard InChI is InChI=1S/C17H28/c1-3-5-6-7-8-9-13-17-15-11-10-14-16(17)12-4-2/h10-11,14-15H,3-9,12-13H2,1-2H3. The van der Waals surface area contributed by atoms with Crippen LogP contribution in [0, 0.1) is 0 Å². The van der Waals surface area contributed by atoms with E-state index in [1.54, 1.807) is 11.1 Å². The fraction of sp³-hybridized carbons (Fsp3) is 0.647. The van der Waals surface area contributed by atoms with Gasteiger partial charge in [-0.2, -0.15) is 0 Å². The summed E-state index contributed by atoms with van der Waals surface area (Å²) in [5, 5.41) is 0. The van der Waals surface area contributed by atoms with Gasteiger partial charge in [-0.1, -0.05) is 76.6 Å². The lowest BCUT2D eigenvalue weighted by molar-refractivity contribution is 0.606. The van der Waals surface area contributed by atoms with Gasteiger partial charge in [0.15, 0.2) is 0 Å². The Morgan fingerprint density at radius 3 is 1.88 bits per heavy atom. The summed E-state index contributed by atoms with van der Waals surface area (Å²) in [6, 6.07) is 8.98. The topological polar surface area (TPSA) is 0 Å². The molecule has 96 valence electrons. The van der Waals surface area contributed by atoms with Crippen LogP contribution in [0.3, 0.4) is 0 Å². The summed E-state index contributed by atoms with van der Waals surface area (Å²) in [5.41, 5.74) is 3.16. The Labute approximate surface area is 107 Å². The molecule has 0 radical (unpaired) electrons. The molecule has 0 amide bonds. The zero-order valence-corrected chi connectivity index (χ0v) is 11.7. The van der Waals surface area contributed by atoms with Crippen LogP contribution in [-0.2, 0) is 12.8 Å². The molecule has 1 rings (SSSR count). The normalized spacial score (nSPS) is 10.7. The minimum atomic E-state index is 1.24. The fourth-order valence-corrected chi connectivity index (χ4v) is 2.41. The first-order chi connectivity index (χ1) is 8.38. The predicted octanol–water partition coefficient (Wildman–Crippen LogP) is 5.54. The van der Waals surface area contributed by atoms with Crippen molar-refractivity contribution in [3.63, 3.8) is 0 Å². The van der Waals surface area contributed by atoms with Crippen LogP contribution in [-0.4, -0.2) is 0 Å². The van der Waals surface area contributed by atoms with Gasteiger partial charge in [0.1, 0.15) is 0 Å². The summed E-state index contributed by atoms with van der Waals surface area (Å²) in [7, 11) is 0.